The minimum Gasteiger partial charge on any atom is -0.450 e. The van der Waals surface area contributed by atoms with Gasteiger partial charge in [-0.25, -0.2) is 4.79 Å². The van der Waals surface area contributed by atoms with Crippen molar-refractivity contribution in [3.63, 3.8) is 0 Å². The molecular formula is C32H41F3N2O3. The number of carbonyl (C=O) groups is 2. The van der Waals surface area contributed by atoms with Crippen molar-refractivity contribution >= 4 is 11.9 Å². The van der Waals surface area contributed by atoms with Crippen molar-refractivity contribution in [1.29, 1.82) is 0 Å². The quantitative estimate of drug-likeness (QED) is 0.343. The van der Waals surface area contributed by atoms with Crippen molar-refractivity contribution < 1.29 is 27.5 Å². The van der Waals surface area contributed by atoms with E-state index in [1.165, 1.54) is 11.6 Å². The Bertz CT molecular complexity index is 1160. The number of hydrogen-bond donors (Lipinski definition) is 0. The number of piperidine rings is 1. The van der Waals surface area contributed by atoms with Gasteiger partial charge < -0.3 is 14.5 Å². The summed E-state index contributed by atoms with van der Waals surface area (Å²) in [6.45, 7) is 11.6. The van der Waals surface area contributed by atoms with E-state index >= 15 is 0 Å². The predicted molar refractivity (Wildman–Crippen MR) is 151 cm³/mol. The first-order valence-corrected chi connectivity index (χ1v) is 14.1. The second-order valence-corrected chi connectivity index (χ2v) is 10.6. The fraction of sp³-hybridized carbons (Fsp3) is 0.500. The summed E-state index contributed by atoms with van der Waals surface area (Å²) in [6, 6.07) is 15.7. The Kier molecular flexibility index (Phi) is 11.0. The average Bonchev–Trinajstić information content (AvgIpc) is 3.17. The van der Waals surface area contributed by atoms with Crippen LogP contribution in [0, 0.1) is 6.92 Å². The molecule has 1 fully saturated rings. The number of alkyl halides is 3. The fourth-order valence-corrected chi connectivity index (χ4v) is 5.36. The number of rotatable bonds is 8. The van der Waals surface area contributed by atoms with Crippen molar-refractivity contribution in [1.82, 2.24) is 9.80 Å². The highest BCUT2D eigenvalue weighted by Crippen LogP contribution is 2.42. The van der Waals surface area contributed by atoms with Crippen LogP contribution < -0.4 is 0 Å². The first-order valence-electron chi connectivity index (χ1n) is 14.1. The highest BCUT2D eigenvalue weighted by atomic mass is 19.4. The molecule has 0 unspecified atom stereocenters. The third-order valence-corrected chi connectivity index (χ3v) is 7.48. The van der Waals surface area contributed by atoms with E-state index in [1.54, 1.807) is 19.9 Å². The number of ether oxygens (including phenoxy) is 1. The highest BCUT2D eigenvalue weighted by Gasteiger charge is 2.51. The van der Waals surface area contributed by atoms with Gasteiger partial charge in [-0.2, -0.15) is 13.2 Å². The zero-order chi connectivity index (χ0) is 29.3. The first kappa shape index (κ1) is 31.4. The second kappa shape index (κ2) is 14.0. The van der Waals surface area contributed by atoms with Gasteiger partial charge in [0.1, 0.15) is 5.60 Å². The normalized spacial score (nSPS) is 16.9. The molecule has 2 aromatic carbocycles. The third-order valence-electron chi connectivity index (χ3n) is 7.48. The Labute approximate surface area is 236 Å². The van der Waals surface area contributed by atoms with Crippen LogP contribution in [0.2, 0.25) is 0 Å². The Morgan fingerprint density at radius 1 is 0.975 bits per heavy atom. The molecule has 4 rings (SSSR count). The van der Waals surface area contributed by atoms with Crippen LogP contribution in [0.15, 0.2) is 65.7 Å². The summed E-state index contributed by atoms with van der Waals surface area (Å²) in [5.41, 5.74) is 1.76. The smallest absolute Gasteiger partial charge is 0.416 e. The molecule has 218 valence electrons. The van der Waals surface area contributed by atoms with E-state index in [4.69, 9.17) is 4.74 Å². The minimum atomic E-state index is -4.22. The van der Waals surface area contributed by atoms with Crippen LogP contribution in [0.1, 0.15) is 63.1 Å². The summed E-state index contributed by atoms with van der Waals surface area (Å²) in [6.07, 6.45) is -0.00256. The molecule has 2 aromatic rings. The third kappa shape index (κ3) is 7.96. The summed E-state index contributed by atoms with van der Waals surface area (Å²) in [4.78, 5) is 30.1. The number of halogens is 3. The van der Waals surface area contributed by atoms with Gasteiger partial charge in [0, 0.05) is 51.1 Å². The van der Waals surface area contributed by atoms with Crippen LogP contribution in [0.25, 0.3) is 0 Å². The SMILES string of the molecule is CCCN(CCC)C(=O)C1=C(C)C(=O)OC12CCN(CCc1ccccc1)CC2.Cc1cccc(C(F)(F)F)c1. The summed E-state index contributed by atoms with van der Waals surface area (Å²) in [7, 11) is 0. The summed E-state index contributed by atoms with van der Waals surface area (Å²) in [5, 5.41) is 0. The molecule has 5 nitrogen and oxygen atoms in total. The van der Waals surface area contributed by atoms with E-state index in [0.29, 0.717) is 29.6 Å². The van der Waals surface area contributed by atoms with Crippen molar-refractivity contribution in [3.05, 3.63) is 82.4 Å². The van der Waals surface area contributed by atoms with E-state index in [-0.39, 0.29) is 11.9 Å². The van der Waals surface area contributed by atoms with Gasteiger partial charge in [-0.3, -0.25) is 4.79 Å². The lowest BCUT2D eigenvalue weighted by Gasteiger charge is -2.40. The van der Waals surface area contributed by atoms with Crippen molar-refractivity contribution in [2.75, 3.05) is 32.7 Å². The van der Waals surface area contributed by atoms with Crippen LogP contribution in [-0.4, -0.2) is 60.0 Å². The van der Waals surface area contributed by atoms with E-state index < -0.39 is 17.3 Å². The first-order chi connectivity index (χ1) is 19.0. The molecule has 8 heteroatoms. The number of likely N-dealkylation sites (tertiary alicyclic amines) is 1. The molecule has 2 aliphatic rings. The maximum Gasteiger partial charge on any atom is 0.416 e. The van der Waals surface area contributed by atoms with Crippen LogP contribution in [0.5, 0.6) is 0 Å². The highest BCUT2D eigenvalue weighted by molar-refractivity contribution is 6.07. The monoisotopic (exact) mass is 558 g/mol. The number of hydrogen-bond acceptors (Lipinski definition) is 4. The lowest BCUT2D eigenvalue weighted by atomic mass is 9.82. The Morgan fingerprint density at radius 3 is 2.12 bits per heavy atom. The molecule has 0 N–H and O–H groups in total. The van der Waals surface area contributed by atoms with E-state index in [1.807, 2.05) is 11.0 Å². The number of aryl methyl sites for hydroxylation is 1. The van der Waals surface area contributed by atoms with Gasteiger partial charge in [0.25, 0.3) is 5.91 Å². The van der Waals surface area contributed by atoms with E-state index in [9.17, 15) is 22.8 Å². The van der Waals surface area contributed by atoms with Crippen molar-refractivity contribution in [2.24, 2.45) is 0 Å². The van der Waals surface area contributed by atoms with E-state index in [0.717, 1.165) is 64.1 Å². The zero-order valence-corrected chi connectivity index (χ0v) is 24.0. The largest absolute Gasteiger partial charge is 0.450 e. The Balaban J connectivity index is 0.000000336. The predicted octanol–water partition coefficient (Wildman–Crippen LogP) is 6.60. The van der Waals surface area contributed by atoms with Gasteiger partial charge >= 0.3 is 12.1 Å². The van der Waals surface area contributed by atoms with Crippen LogP contribution >= 0.6 is 0 Å². The van der Waals surface area contributed by atoms with E-state index in [2.05, 4.69) is 43.0 Å². The van der Waals surface area contributed by atoms with Crippen LogP contribution in [0.3, 0.4) is 0 Å². The molecule has 2 heterocycles. The number of carbonyl (C=O) groups excluding carboxylic acids is 2. The second-order valence-electron chi connectivity index (χ2n) is 10.6. The zero-order valence-electron chi connectivity index (χ0n) is 24.0. The Morgan fingerprint density at radius 2 is 1.60 bits per heavy atom. The molecule has 1 amide bonds. The molecule has 0 bridgehead atoms. The number of esters is 1. The van der Waals surface area contributed by atoms with Crippen LogP contribution in [0.4, 0.5) is 13.2 Å². The van der Waals surface area contributed by atoms with Gasteiger partial charge in [0.2, 0.25) is 0 Å². The van der Waals surface area contributed by atoms with Gasteiger partial charge in [-0.1, -0.05) is 67.9 Å². The van der Waals surface area contributed by atoms with Gasteiger partial charge in [0.05, 0.1) is 11.1 Å². The minimum absolute atomic E-state index is 0.00483. The maximum atomic E-state index is 13.4. The number of benzene rings is 2. The molecule has 0 aliphatic carbocycles. The lowest BCUT2D eigenvalue weighted by Crippen LogP contribution is -2.50. The van der Waals surface area contributed by atoms with Gasteiger partial charge in [-0.05, 0) is 44.7 Å². The molecular weight excluding hydrogens is 517 g/mol. The summed E-state index contributed by atoms with van der Waals surface area (Å²) >= 11 is 0. The van der Waals surface area contributed by atoms with Crippen LogP contribution in [-0.2, 0) is 26.9 Å². The molecule has 0 saturated carbocycles. The molecule has 0 aromatic heterocycles. The summed E-state index contributed by atoms with van der Waals surface area (Å²) < 4.78 is 41.8. The molecule has 2 aliphatic heterocycles. The molecule has 0 atom stereocenters. The molecule has 40 heavy (non-hydrogen) atoms. The summed E-state index contributed by atoms with van der Waals surface area (Å²) in [5.74, 6) is -0.325. The Hall–Kier alpha value is -3.13. The number of nitrogens with zero attached hydrogens (tertiary/aromatic N) is 2. The standard InChI is InChI=1S/C24H34N2O3.C8H7F3/c1-4-14-26(15-5-2)22(27)21-19(3)23(28)29-24(21)12-17-25(18-13-24)16-11-20-9-7-6-8-10-20;1-6-3-2-4-7(5-6)8(9,10)11/h6-10H,4-5,11-18H2,1-3H3;2-5H,1H3. The van der Waals surface area contributed by atoms with Gasteiger partial charge in [0.15, 0.2) is 0 Å². The number of amides is 1. The van der Waals surface area contributed by atoms with Gasteiger partial charge in [-0.15, -0.1) is 0 Å². The maximum absolute atomic E-state index is 13.4. The van der Waals surface area contributed by atoms with Crippen molar-refractivity contribution in [3.8, 4) is 0 Å². The fourth-order valence-electron chi connectivity index (χ4n) is 5.36. The topological polar surface area (TPSA) is 49.9 Å². The molecule has 1 spiro atoms. The average molecular weight is 559 g/mol. The lowest BCUT2D eigenvalue weighted by molar-refractivity contribution is -0.151. The molecule has 0 radical (unpaired) electrons. The van der Waals surface area contributed by atoms with Crippen molar-refractivity contribution in [2.45, 2.75) is 71.6 Å². The molecule has 1 saturated heterocycles.